The van der Waals surface area contributed by atoms with Gasteiger partial charge in [0, 0.05) is 12.2 Å². The van der Waals surface area contributed by atoms with Gasteiger partial charge in [0.15, 0.2) is 0 Å². The maximum Gasteiger partial charge on any atom is 0.0602 e. The van der Waals surface area contributed by atoms with Crippen LogP contribution in [0.1, 0.15) is 48.2 Å². The second-order valence-electron chi connectivity index (χ2n) is 5.70. The molecule has 0 amide bonds. The monoisotopic (exact) mass is 282 g/mol. The van der Waals surface area contributed by atoms with Gasteiger partial charge in [0.2, 0.25) is 0 Å². The molecule has 1 atom stereocenters. The normalized spacial score (nSPS) is 12.3. The van der Waals surface area contributed by atoms with Crippen molar-refractivity contribution in [3.8, 4) is 0 Å². The van der Waals surface area contributed by atoms with Crippen molar-refractivity contribution in [1.29, 1.82) is 0 Å². The van der Waals surface area contributed by atoms with Crippen LogP contribution in [0, 0.1) is 13.8 Å². The first-order valence-corrected chi connectivity index (χ1v) is 7.91. The Kier molecular flexibility index (Phi) is 5.94. The fraction of sp³-hybridized carbons (Fsp3) is 0.421. The first kappa shape index (κ1) is 15.7. The smallest absolute Gasteiger partial charge is 0.0602 e. The van der Waals surface area contributed by atoms with Crippen LogP contribution in [0.5, 0.6) is 0 Å². The van der Waals surface area contributed by atoms with Crippen molar-refractivity contribution in [3.05, 3.63) is 65.0 Å². The molecule has 2 heteroatoms. The highest BCUT2D eigenvalue weighted by Gasteiger charge is 2.14. The van der Waals surface area contributed by atoms with Crippen LogP contribution in [0.2, 0.25) is 0 Å². The van der Waals surface area contributed by atoms with Crippen LogP contribution in [0.3, 0.4) is 0 Å². The lowest BCUT2D eigenvalue weighted by Crippen LogP contribution is -2.23. The Balaban J connectivity index is 1.98. The number of rotatable bonds is 7. The summed E-state index contributed by atoms with van der Waals surface area (Å²) in [4.78, 5) is 4.66. The predicted molar refractivity (Wildman–Crippen MR) is 89.5 cm³/mol. The Labute approximate surface area is 128 Å². The second-order valence-corrected chi connectivity index (χ2v) is 5.70. The number of hydrogen-bond acceptors (Lipinski definition) is 2. The summed E-state index contributed by atoms with van der Waals surface area (Å²) in [5.41, 5.74) is 5.15. The lowest BCUT2D eigenvalue weighted by molar-refractivity contribution is 0.485. The molecule has 0 saturated heterocycles. The predicted octanol–water partition coefficient (Wildman–Crippen LogP) is 4.37. The first-order valence-electron chi connectivity index (χ1n) is 7.91. The van der Waals surface area contributed by atoms with Crippen LogP contribution >= 0.6 is 0 Å². The molecule has 0 spiro atoms. The zero-order valence-corrected chi connectivity index (χ0v) is 13.4. The topological polar surface area (TPSA) is 24.9 Å². The number of nitrogens with one attached hydrogen (secondary N) is 1. The molecule has 1 aromatic heterocycles. The van der Waals surface area contributed by atoms with Crippen LogP contribution in [-0.4, -0.2) is 11.5 Å². The van der Waals surface area contributed by atoms with E-state index in [2.05, 4.69) is 67.5 Å². The minimum Gasteiger partial charge on any atom is -0.309 e. The third kappa shape index (κ3) is 4.68. The molecule has 0 fully saturated rings. The summed E-state index contributed by atoms with van der Waals surface area (Å²) in [7, 11) is 0. The van der Waals surface area contributed by atoms with E-state index >= 15 is 0 Å². The lowest BCUT2D eigenvalue weighted by Gasteiger charge is -2.19. The summed E-state index contributed by atoms with van der Waals surface area (Å²) >= 11 is 0. The van der Waals surface area contributed by atoms with Gasteiger partial charge in [0.1, 0.15) is 0 Å². The molecule has 1 heterocycles. The van der Waals surface area contributed by atoms with E-state index in [0.29, 0.717) is 6.04 Å². The van der Waals surface area contributed by atoms with E-state index in [1.165, 1.54) is 28.8 Å². The molecular formula is C19H26N2. The molecule has 2 aromatic rings. The molecule has 2 nitrogen and oxygen atoms in total. The molecule has 0 aliphatic rings. The molecule has 1 aromatic carbocycles. The van der Waals surface area contributed by atoms with E-state index in [4.69, 9.17) is 0 Å². The first-order chi connectivity index (χ1) is 10.2. The minimum absolute atomic E-state index is 0.360. The molecule has 0 saturated carbocycles. The summed E-state index contributed by atoms with van der Waals surface area (Å²) in [5, 5.41) is 3.58. The van der Waals surface area contributed by atoms with Gasteiger partial charge in [-0.1, -0.05) is 43.3 Å². The van der Waals surface area contributed by atoms with E-state index in [9.17, 15) is 0 Å². The molecule has 1 unspecified atom stereocenters. The SMILES string of the molecule is CCNC(CCCc1ccccc1)c1ncc(C)cc1C. The summed E-state index contributed by atoms with van der Waals surface area (Å²) in [6.07, 6.45) is 5.41. The van der Waals surface area contributed by atoms with Crippen molar-refractivity contribution in [2.24, 2.45) is 0 Å². The maximum absolute atomic E-state index is 4.66. The van der Waals surface area contributed by atoms with E-state index < -0.39 is 0 Å². The maximum atomic E-state index is 4.66. The van der Waals surface area contributed by atoms with Gasteiger partial charge in [-0.05, 0) is 56.3 Å². The number of benzene rings is 1. The summed E-state index contributed by atoms with van der Waals surface area (Å²) < 4.78 is 0. The van der Waals surface area contributed by atoms with Crippen LogP contribution in [-0.2, 0) is 6.42 Å². The minimum atomic E-state index is 0.360. The van der Waals surface area contributed by atoms with Gasteiger partial charge in [-0.15, -0.1) is 0 Å². The third-order valence-corrected chi connectivity index (χ3v) is 3.84. The van der Waals surface area contributed by atoms with Crippen molar-refractivity contribution < 1.29 is 0 Å². The highest BCUT2D eigenvalue weighted by molar-refractivity contribution is 5.25. The largest absolute Gasteiger partial charge is 0.309 e. The Bertz CT molecular complexity index is 549. The third-order valence-electron chi connectivity index (χ3n) is 3.84. The Morgan fingerprint density at radius 3 is 2.57 bits per heavy atom. The van der Waals surface area contributed by atoms with Crippen LogP contribution in [0.4, 0.5) is 0 Å². The number of nitrogens with zero attached hydrogens (tertiary/aromatic N) is 1. The van der Waals surface area contributed by atoms with Gasteiger partial charge in [-0.25, -0.2) is 0 Å². The summed E-state index contributed by atoms with van der Waals surface area (Å²) in [5.74, 6) is 0. The molecule has 0 radical (unpaired) electrons. The van der Waals surface area contributed by atoms with Crippen molar-refractivity contribution >= 4 is 0 Å². The lowest BCUT2D eigenvalue weighted by atomic mass is 9.99. The van der Waals surface area contributed by atoms with Crippen molar-refractivity contribution in [1.82, 2.24) is 10.3 Å². The van der Waals surface area contributed by atoms with Gasteiger partial charge in [-0.3, -0.25) is 4.98 Å². The summed E-state index contributed by atoms with van der Waals surface area (Å²) in [6, 6.07) is 13.3. The number of aromatic nitrogens is 1. The van der Waals surface area contributed by atoms with Crippen LogP contribution in [0.25, 0.3) is 0 Å². The Hall–Kier alpha value is -1.67. The van der Waals surface area contributed by atoms with Crippen molar-refractivity contribution in [2.75, 3.05) is 6.54 Å². The summed E-state index contributed by atoms with van der Waals surface area (Å²) in [6.45, 7) is 7.40. The molecule has 0 aliphatic carbocycles. The number of hydrogen-bond donors (Lipinski definition) is 1. The Morgan fingerprint density at radius 2 is 1.90 bits per heavy atom. The fourth-order valence-corrected chi connectivity index (χ4v) is 2.83. The zero-order chi connectivity index (χ0) is 15.1. The molecule has 0 bridgehead atoms. The van der Waals surface area contributed by atoms with Gasteiger partial charge < -0.3 is 5.32 Å². The van der Waals surface area contributed by atoms with E-state index in [0.717, 1.165) is 19.4 Å². The van der Waals surface area contributed by atoms with Crippen LogP contribution in [0.15, 0.2) is 42.6 Å². The zero-order valence-electron chi connectivity index (χ0n) is 13.4. The second kappa shape index (κ2) is 7.94. The van der Waals surface area contributed by atoms with Gasteiger partial charge >= 0.3 is 0 Å². The molecule has 112 valence electrons. The van der Waals surface area contributed by atoms with E-state index in [-0.39, 0.29) is 0 Å². The molecule has 1 N–H and O–H groups in total. The molecule has 0 aliphatic heterocycles. The average Bonchev–Trinajstić information content (AvgIpc) is 2.48. The molecular weight excluding hydrogens is 256 g/mol. The van der Waals surface area contributed by atoms with E-state index in [1.54, 1.807) is 0 Å². The fourth-order valence-electron chi connectivity index (χ4n) is 2.83. The average molecular weight is 282 g/mol. The number of pyridine rings is 1. The molecule has 21 heavy (non-hydrogen) atoms. The van der Waals surface area contributed by atoms with Crippen molar-refractivity contribution in [3.63, 3.8) is 0 Å². The van der Waals surface area contributed by atoms with Gasteiger partial charge in [0.05, 0.1) is 5.69 Å². The quantitative estimate of drug-likeness (QED) is 0.815. The van der Waals surface area contributed by atoms with Gasteiger partial charge in [-0.2, -0.15) is 0 Å². The molecule has 2 rings (SSSR count). The van der Waals surface area contributed by atoms with Crippen LogP contribution < -0.4 is 5.32 Å². The van der Waals surface area contributed by atoms with Gasteiger partial charge in [0.25, 0.3) is 0 Å². The number of aryl methyl sites for hydroxylation is 3. The highest BCUT2D eigenvalue weighted by atomic mass is 14.9. The Morgan fingerprint density at radius 1 is 1.14 bits per heavy atom. The highest BCUT2D eigenvalue weighted by Crippen LogP contribution is 2.21. The van der Waals surface area contributed by atoms with Crippen molar-refractivity contribution in [2.45, 2.75) is 46.1 Å². The van der Waals surface area contributed by atoms with E-state index in [1.807, 2.05) is 6.20 Å². The standard InChI is InChI=1S/C19H26N2/c1-4-20-18(19-16(3)13-15(2)14-21-19)12-8-11-17-9-6-5-7-10-17/h5-7,9-10,13-14,18,20H,4,8,11-12H2,1-3H3.